The summed E-state index contributed by atoms with van der Waals surface area (Å²) in [6.07, 6.45) is 5.83. The van der Waals surface area contributed by atoms with E-state index in [0.717, 1.165) is 38.5 Å². The van der Waals surface area contributed by atoms with E-state index in [0.29, 0.717) is 0 Å². The maximum Gasteiger partial charge on any atom is 0.408 e. The maximum atomic E-state index is 11.8. The quantitative estimate of drug-likeness (QED) is 0.739. The number of nitrogens with one attached hydrogen (secondary N) is 1. The van der Waals surface area contributed by atoms with Crippen LogP contribution in [-0.4, -0.2) is 22.8 Å². The SMILES string of the molecule is CC(C)(C)OC(=O)N[C@]12CCC[C@](N)(CC1)C2. The maximum absolute atomic E-state index is 11.8. The van der Waals surface area contributed by atoms with Gasteiger partial charge in [-0.1, -0.05) is 0 Å². The van der Waals surface area contributed by atoms with E-state index in [-0.39, 0.29) is 17.2 Å². The van der Waals surface area contributed by atoms with Gasteiger partial charge in [-0.05, 0) is 59.3 Å². The second-order valence-electron chi connectivity index (χ2n) is 6.80. The highest BCUT2D eigenvalue weighted by molar-refractivity contribution is 5.69. The number of ether oxygens (including phenoxy) is 1. The number of carbonyl (C=O) groups excluding carboxylic acids is 1. The van der Waals surface area contributed by atoms with Crippen LogP contribution in [0.5, 0.6) is 0 Å². The van der Waals surface area contributed by atoms with E-state index in [4.69, 9.17) is 10.5 Å². The number of fused-ring (bicyclic) bond motifs is 2. The minimum Gasteiger partial charge on any atom is -0.444 e. The van der Waals surface area contributed by atoms with Gasteiger partial charge in [0.15, 0.2) is 0 Å². The topological polar surface area (TPSA) is 64.3 Å². The van der Waals surface area contributed by atoms with E-state index in [9.17, 15) is 4.79 Å². The molecule has 2 rings (SSSR count). The average Bonchev–Trinajstić information content (AvgIpc) is 2.33. The van der Waals surface area contributed by atoms with Crippen LogP contribution in [0.15, 0.2) is 0 Å². The number of alkyl carbamates (subject to hydrolysis) is 1. The minimum absolute atomic E-state index is 0.0484. The van der Waals surface area contributed by atoms with Crippen LogP contribution in [0.4, 0.5) is 4.79 Å². The molecule has 0 radical (unpaired) electrons. The molecule has 0 heterocycles. The Morgan fingerprint density at radius 1 is 1.24 bits per heavy atom. The van der Waals surface area contributed by atoms with Crippen molar-refractivity contribution in [1.29, 1.82) is 0 Å². The van der Waals surface area contributed by atoms with Gasteiger partial charge in [0.25, 0.3) is 0 Å². The number of hydrogen-bond acceptors (Lipinski definition) is 3. The monoisotopic (exact) mass is 240 g/mol. The zero-order valence-electron chi connectivity index (χ0n) is 11.1. The van der Waals surface area contributed by atoms with Crippen molar-refractivity contribution in [3.05, 3.63) is 0 Å². The van der Waals surface area contributed by atoms with Gasteiger partial charge >= 0.3 is 6.09 Å². The molecule has 4 heteroatoms. The molecule has 0 saturated heterocycles. The van der Waals surface area contributed by atoms with Crippen molar-refractivity contribution in [2.45, 2.75) is 76.0 Å². The predicted octanol–water partition coefficient (Wildman–Crippen LogP) is 2.32. The number of amides is 1. The third-order valence-electron chi connectivity index (χ3n) is 3.89. The van der Waals surface area contributed by atoms with E-state index < -0.39 is 5.60 Å². The molecule has 0 unspecified atom stereocenters. The molecule has 2 aliphatic rings. The summed E-state index contributed by atoms with van der Waals surface area (Å²) in [6.45, 7) is 5.65. The summed E-state index contributed by atoms with van der Waals surface area (Å²) >= 11 is 0. The van der Waals surface area contributed by atoms with Crippen molar-refractivity contribution in [1.82, 2.24) is 5.32 Å². The minimum atomic E-state index is -0.437. The highest BCUT2D eigenvalue weighted by Crippen LogP contribution is 2.46. The lowest BCUT2D eigenvalue weighted by atomic mass is 9.79. The summed E-state index contributed by atoms with van der Waals surface area (Å²) in [7, 11) is 0. The predicted molar refractivity (Wildman–Crippen MR) is 66.7 cm³/mol. The normalized spacial score (nSPS) is 36.7. The molecular formula is C13H24N2O2. The fraction of sp³-hybridized carbons (Fsp3) is 0.923. The standard InChI is InChI=1S/C13H24N2O2/c1-11(2,3)17-10(16)15-13-6-4-5-12(14,9-13)7-8-13/h4-9,14H2,1-3H3,(H,15,16)/t12-,13+/m0/s1. The van der Waals surface area contributed by atoms with Gasteiger partial charge < -0.3 is 15.8 Å². The van der Waals surface area contributed by atoms with E-state index in [2.05, 4.69) is 5.32 Å². The molecule has 0 aromatic heterocycles. The Morgan fingerprint density at radius 2 is 1.94 bits per heavy atom. The van der Waals surface area contributed by atoms with Gasteiger partial charge in [0, 0.05) is 11.1 Å². The summed E-state index contributed by atoms with van der Waals surface area (Å²) in [5.74, 6) is 0. The van der Waals surface area contributed by atoms with Crippen LogP contribution < -0.4 is 11.1 Å². The molecule has 3 N–H and O–H groups in total. The highest BCUT2D eigenvalue weighted by atomic mass is 16.6. The van der Waals surface area contributed by atoms with Gasteiger partial charge in [0.1, 0.15) is 5.60 Å². The molecule has 1 amide bonds. The van der Waals surface area contributed by atoms with Crippen LogP contribution in [0.1, 0.15) is 59.3 Å². The second-order valence-corrected chi connectivity index (χ2v) is 6.80. The van der Waals surface area contributed by atoms with Crippen molar-refractivity contribution in [3.63, 3.8) is 0 Å². The van der Waals surface area contributed by atoms with Gasteiger partial charge in [-0.3, -0.25) is 0 Å². The largest absolute Gasteiger partial charge is 0.444 e. The Bertz CT molecular complexity index is 324. The molecule has 0 aromatic carbocycles. The van der Waals surface area contributed by atoms with Crippen LogP contribution in [0.25, 0.3) is 0 Å². The fourth-order valence-electron chi connectivity index (χ4n) is 3.23. The van der Waals surface area contributed by atoms with Gasteiger partial charge in [-0.25, -0.2) is 4.79 Å². The number of rotatable bonds is 1. The molecule has 17 heavy (non-hydrogen) atoms. The zero-order chi connectivity index (χ0) is 12.7. The Labute approximate surface area is 103 Å². The summed E-state index contributed by atoms with van der Waals surface area (Å²) in [5.41, 5.74) is 5.71. The molecule has 2 fully saturated rings. The Balaban J connectivity index is 1.97. The second kappa shape index (κ2) is 3.87. The smallest absolute Gasteiger partial charge is 0.408 e. The molecule has 2 aliphatic carbocycles. The highest BCUT2D eigenvalue weighted by Gasteiger charge is 2.50. The first-order chi connectivity index (χ1) is 7.72. The van der Waals surface area contributed by atoms with Crippen LogP contribution >= 0.6 is 0 Å². The van der Waals surface area contributed by atoms with E-state index >= 15 is 0 Å². The van der Waals surface area contributed by atoms with Crippen molar-refractivity contribution < 1.29 is 9.53 Å². The fourth-order valence-corrected chi connectivity index (χ4v) is 3.23. The number of nitrogens with two attached hydrogens (primary N) is 1. The number of hydrogen-bond donors (Lipinski definition) is 2. The first-order valence-electron chi connectivity index (χ1n) is 6.52. The zero-order valence-corrected chi connectivity index (χ0v) is 11.1. The third-order valence-corrected chi connectivity index (χ3v) is 3.89. The van der Waals surface area contributed by atoms with Gasteiger partial charge in [-0.15, -0.1) is 0 Å². The molecule has 4 nitrogen and oxygen atoms in total. The van der Waals surface area contributed by atoms with Crippen molar-refractivity contribution in [2.24, 2.45) is 5.73 Å². The molecule has 2 atom stereocenters. The van der Waals surface area contributed by atoms with Crippen molar-refractivity contribution in [3.8, 4) is 0 Å². The van der Waals surface area contributed by atoms with Gasteiger partial charge in [0.05, 0.1) is 0 Å². The number of carbonyl (C=O) groups is 1. The van der Waals surface area contributed by atoms with Crippen molar-refractivity contribution in [2.75, 3.05) is 0 Å². The first-order valence-corrected chi connectivity index (χ1v) is 6.52. The summed E-state index contributed by atoms with van der Waals surface area (Å²) in [5, 5.41) is 3.06. The Kier molecular flexibility index (Phi) is 2.89. The third kappa shape index (κ3) is 2.92. The van der Waals surface area contributed by atoms with E-state index in [1.807, 2.05) is 20.8 Å². The molecular weight excluding hydrogens is 216 g/mol. The Hall–Kier alpha value is -0.770. The van der Waals surface area contributed by atoms with Crippen LogP contribution in [-0.2, 0) is 4.74 Å². The molecule has 2 saturated carbocycles. The van der Waals surface area contributed by atoms with Crippen molar-refractivity contribution >= 4 is 6.09 Å². The average molecular weight is 240 g/mol. The van der Waals surface area contributed by atoms with Crippen LogP contribution in [0.3, 0.4) is 0 Å². The van der Waals surface area contributed by atoms with E-state index in [1.165, 1.54) is 0 Å². The van der Waals surface area contributed by atoms with Crippen LogP contribution in [0, 0.1) is 0 Å². The lowest BCUT2D eigenvalue weighted by Gasteiger charge is -2.38. The summed E-state index contributed by atoms with van der Waals surface area (Å²) in [4.78, 5) is 11.8. The summed E-state index contributed by atoms with van der Waals surface area (Å²) in [6, 6.07) is 0. The van der Waals surface area contributed by atoms with Crippen LogP contribution in [0.2, 0.25) is 0 Å². The molecule has 98 valence electrons. The van der Waals surface area contributed by atoms with Gasteiger partial charge in [0.2, 0.25) is 0 Å². The molecule has 0 spiro atoms. The lowest BCUT2D eigenvalue weighted by molar-refractivity contribution is 0.0433. The molecule has 0 aromatic rings. The lowest BCUT2D eigenvalue weighted by Crippen LogP contribution is -2.53. The van der Waals surface area contributed by atoms with E-state index in [1.54, 1.807) is 0 Å². The Morgan fingerprint density at radius 3 is 2.59 bits per heavy atom. The first kappa shape index (κ1) is 12.7. The van der Waals surface area contributed by atoms with Gasteiger partial charge in [-0.2, -0.15) is 0 Å². The molecule has 2 bridgehead atoms. The summed E-state index contributed by atoms with van der Waals surface area (Å²) < 4.78 is 5.33. The molecule has 0 aliphatic heterocycles.